The molecule has 0 aliphatic carbocycles. The number of benzene rings is 2. The fraction of sp³-hybridized carbons (Fsp3) is 0.167. The molecular formula is C18H20N4O2. The zero-order valence-electron chi connectivity index (χ0n) is 13.9. The van der Waals surface area contributed by atoms with Crippen LogP contribution in [0.2, 0.25) is 0 Å². The lowest BCUT2D eigenvalue weighted by Crippen LogP contribution is -2.07. The number of nitro benzene ring substituents is 1. The van der Waals surface area contributed by atoms with E-state index in [1.165, 1.54) is 12.1 Å². The summed E-state index contributed by atoms with van der Waals surface area (Å²) in [6.07, 6.45) is 3.89. The minimum Gasteiger partial charge on any atom is -0.378 e. The molecule has 0 saturated heterocycles. The van der Waals surface area contributed by atoms with E-state index in [1.54, 1.807) is 12.1 Å². The normalized spacial score (nSPS) is 11.5. The Labute approximate surface area is 141 Å². The number of nitrogens with zero attached hydrogens (tertiary/aromatic N) is 3. The quantitative estimate of drug-likeness (QED) is 0.492. The summed E-state index contributed by atoms with van der Waals surface area (Å²) in [6, 6.07) is 14.3. The van der Waals surface area contributed by atoms with Gasteiger partial charge in [-0.15, -0.1) is 0 Å². The zero-order chi connectivity index (χ0) is 17.5. The van der Waals surface area contributed by atoms with Crippen LogP contribution in [0.4, 0.5) is 17.1 Å². The van der Waals surface area contributed by atoms with Gasteiger partial charge in [0.2, 0.25) is 0 Å². The first-order valence-electron chi connectivity index (χ1n) is 7.46. The molecule has 24 heavy (non-hydrogen) atoms. The van der Waals surface area contributed by atoms with E-state index in [0.29, 0.717) is 5.69 Å². The maximum absolute atomic E-state index is 10.6. The first-order chi connectivity index (χ1) is 11.5. The van der Waals surface area contributed by atoms with E-state index in [0.717, 1.165) is 17.0 Å². The summed E-state index contributed by atoms with van der Waals surface area (Å²) in [5, 5.41) is 14.8. The molecule has 2 aromatic carbocycles. The molecule has 0 saturated carbocycles. The highest BCUT2D eigenvalue weighted by atomic mass is 16.6. The molecule has 0 atom stereocenters. The van der Waals surface area contributed by atoms with Crippen LogP contribution in [0.5, 0.6) is 0 Å². The Morgan fingerprint density at radius 3 is 2.29 bits per heavy atom. The van der Waals surface area contributed by atoms with Gasteiger partial charge in [-0.05, 0) is 42.8 Å². The number of nitrogens with one attached hydrogen (secondary N) is 1. The maximum atomic E-state index is 10.6. The number of hydrazone groups is 1. The van der Waals surface area contributed by atoms with Crippen LogP contribution in [0.15, 0.2) is 59.7 Å². The monoisotopic (exact) mass is 324 g/mol. The van der Waals surface area contributed by atoms with Gasteiger partial charge < -0.3 is 4.90 Å². The van der Waals surface area contributed by atoms with Crippen molar-refractivity contribution in [3.05, 3.63) is 70.3 Å². The number of allylic oxidation sites excluding steroid dienone is 1. The first kappa shape index (κ1) is 17.2. The van der Waals surface area contributed by atoms with Crippen molar-refractivity contribution in [2.24, 2.45) is 5.10 Å². The summed E-state index contributed by atoms with van der Waals surface area (Å²) in [6.45, 7) is 1.88. The average molecular weight is 324 g/mol. The molecule has 1 N–H and O–H groups in total. The number of hydrogen-bond acceptors (Lipinski definition) is 5. The van der Waals surface area contributed by atoms with E-state index in [4.69, 9.17) is 0 Å². The number of anilines is 2. The number of rotatable bonds is 6. The van der Waals surface area contributed by atoms with Crippen molar-refractivity contribution in [2.45, 2.75) is 6.92 Å². The largest absolute Gasteiger partial charge is 0.378 e. The van der Waals surface area contributed by atoms with Gasteiger partial charge in [-0.25, -0.2) is 0 Å². The highest BCUT2D eigenvalue weighted by molar-refractivity contribution is 5.96. The molecule has 2 rings (SSSR count). The van der Waals surface area contributed by atoms with Crippen molar-refractivity contribution < 1.29 is 4.92 Å². The smallest absolute Gasteiger partial charge is 0.269 e. The van der Waals surface area contributed by atoms with Crippen LogP contribution >= 0.6 is 0 Å². The van der Waals surface area contributed by atoms with Crippen molar-refractivity contribution in [3.8, 4) is 0 Å². The third-order valence-corrected chi connectivity index (χ3v) is 3.37. The van der Waals surface area contributed by atoms with Crippen LogP contribution in [0, 0.1) is 10.1 Å². The van der Waals surface area contributed by atoms with Crippen LogP contribution in [0.25, 0.3) is 6.08 Å². The Kier molecular flexibility index (Phi) is 5.68. The highest BCUT2D eigenvalue weighted by Crippen LogP contribution is 2.15. The predicted octanol–water partition coefficient (Wildman–Crippen LogP) is 4.16. The number of nitro groups is 1. The zero-order valence-corrected chi connectivity index (χ0v) is 13.9. The maximum Gasteiger partial charge on any atom is 0.269 e. The predicted molar refractivity (Wildman–Crippen MR) is 99.6 cm³/mol. The van der Waals surface area contributed by atoms with Crippen molar-refractivity contribution in [2.75, 3.05) is 24.4 Å². The molecule has 0 unspecified atom stereocenters. The van der Waals surface area contributed by atoms with Crippen molar-refractivity contribution >= 4 is 28.8 Å². The number of non-ortho nitro benzene ring substituents is 1. The third-order valence-electron chi connectivity index (χ3n) is 3.37. The van der Waals surface area contributed by atoms with Crippen molar-refractivity contribution in [1.29, 1.82) is 0 Å². The van der Waals surface area contributed by atoms with Gasteiger partial charge in [0.15, 0.2) is 0 Å². The Morgan fingerprint density at radius 1 is 1.12 bits per heavy atom. The average Bonchev–Trinajstić information content (AvgIpc) is 2.58. The summed E-state index contributed by atoms with van der Waals surface area (Å²) in [5.74, 6) is 0. The second-order valence-corrected chi connectivity index (χ2v) is 5.49. The Morgan fingerprint density at radius 2 is 1.75 bits per heavy atom. The van der Waals surface area contributed by atoms with Crippen LogP contribution < -0.4 is 10.3 Å². The van der Waals surface area contributed by atoms with Gasteiger partial charge in [0, 0.05) is 31.9 Å². The van der Waals surface area contributed by atoms with Gasteiger partial charge >= 0.3 is 0 Å². The molecule has 2 aromatic rings. The molecule has 0 spiro atoms. The van der Waals surface area contributed by atoms with E-state index in [9.17, 15) is 10.1 Å². The van der Waals surface area contributed by atoms with Gasteiger partial charge in [0.1, 0.15) is 0 Å². The fourth-order valence-corrected chi connectivity index (χ4v) is 1.95. The molecule has 0 aliphatic heterocycles. The van der Waals surface area contributed by atoms with E-state index in [2.05, 4.69) is 22.7 Å². The van der Waals surface area contributed by atoms with Crippen molar-refractivity contribution in [1.82, 2.24) is 0 Å². The van der Waals surface area contributed by atoms with Gasteiger partial charge in [0.25, 0.3) is 5.69 Å². The summed E-state index contributed by atoms with van der Waals surface area (Å²) >= 11 is 0. The molecule has 6 nitrogen and oxygen atoms in total. The lowest BCUT2D eigenvalue weighted by Gasteiger charge is -2.11. The molecule has 0 fully saturated rings. The summed E-state index contributed by atoms with van der Waals surface area (Å²) in [4.78, 5) is 12.2. The SMILES string of the molecule is CC(/C=C/c1ccc(N(C)C)cc1)=N/Nc1ccc([N+](=O)[O-])cc1. The van der Waals surface area contributed by atoms with Gasteiger partial charge in [-0.2, -0.15) is 5.10 Å². The van der Waals surface area contributed by atoms with Crippen LogP contribution in [0.1, 0.15) is 12.5 Å². The van der Waals surface area contributed by atoms with Gasteiger partial charge in [-0.3, -0.25) is 15.5 Å². The third kappa shape index (κ3) is 4.95. The van der Waals surface area contributed by atoms with E-state index in [1.807, 2.05) is 50.2 Å². The molecule has 6 heteroatoms. The molecule has 0 bridgehead atoms. The Hall–Kier alpha value is -3.15. The number of hydrogen-bond donors (Lipinski definition) is 1. The van der Waals surface area contributed by atoms with E-state index in [-0.39, 0.29) is 5.69 Å². The molecule has 0 aliphatic rings. The van der Waals surface area contributed by atoms with Gasteiger partial charge in [-0.1, -0.05) is 18.2 Å². The molecular weight excluding hydrogens is 304 g/mol. The molecule has 0 heterocycles. The van der Waals surface area contributed by atoms with E-state index >= 15 is 0 Å². The summed E-state index contributed by atoms with van der Waals surface area (Å²) in [5.41, 5.74) is 6.67. The second kappa shape index (κ2) is 7.92. The highest BCUT2D eigenvalue weighted by Gasteiger charge is 2.02. The molecule has 0 radical (unpaired) electrons. The molecule has 0 amide bonds. The van der Waals surface area contributed by atoms with Crippen molar-refractivity contribution in [3.63, 3.8) is 0 Å². The topological polar surface area (TPSA) is 70.8 Å². The minimum absolute atomic E-state index is 0.0577. The van der Waals surface area contributed by atoms with Crippen LogP contribution in [0.3, 0.4) is 0 Å². The lowest BCUT2D eigenvalue weighted by molar-refractivity contribution is -0.384. The standard InChI is InChI=1S/C18H20N4O2/c1-14(4-5-15-6-10-17(11-7-15)21(2)3)19-20-16-8-12-18(13-9-16)22(23)24/h4-13,20H,1-3H3/b5-4+,19-14-. The summed E-state index contributed by atoms with van der Waals surface area (Å²) < 4.78 is 0. The fourth-order valence-electron chi connectivity index (χ4n) is 1.95. The van der Waals surface area contributed by atoms with Crippen LogP contribution in [-0.4, -0.2) is 24.7 Å². The minimum atomic E-state index is -0.428. The molecule has 124 valence electrons. The van der Waals surface area contributed by atoms with Gasteiger partial charge in [0.05, 0.1) is 16.3 Å². The lowest BCUT2D eigenvalue weighted by atomic mass is 10.2. The molecule has 0 aromatic heterocycles. The first-order valence-corrected chi connectivity index (χ1v) is 7.46. The second-order valence-electron chi connectivity index (χ2n) is 5.49. The van der Waals surface area contributed by atoms with E-state index < -0.39 is 4.92 Å². The van der Waals surface area contributed by atoms with Crippen LogP contribution in [-0.2, 0) is 0 Å². The summed E-state index contributed by atoms with van der Waals surface area (Å²) in [7, 11) is 4.01. The Bertz CT molecular complexity index is 748. The Balaban J connectivity index is 1.96.